The molecule has 2 rings (SSSR count). The molecule has 1 heteroatoms. The molecule has 0 bridgehead atoms. The van der Waals surface area contributed by atoms with Crippen LogP contribution >= 0.6 is 0 Å². The molecule has 2 saturated carbocycles. The highest BCUT2D eigenvalue weighted by Crippen LogP contribution is 2.32. The van der Waals surface area contributed by atoms with E-state index in [1.54, 1.807) is 0 Å². The van der Waals surface area contributed by atoms with E-state index in [0.29, 0.717) is 0 Å². The van der Waals surface area contributed by atoms with Crippen LogP contribution < -0.4 is 0 Å². The molecule has 17 heavy (non-hydrogen) atoms. The third-order valence-corrected chi connectivity index (χ3v) is 5.09. The van der Waals surface area contributed by atoms with Crippen molar-refractivity contribution in [1.29, 1.82) is 0 Å². The van der Waals surface area contributed by atoms with E-state index in [-0.39, 0.29) is 0 Å². The SMILES string of the molecule is CCC(C)N(C1CCCCC1)C1CCCCC1. The lowest BCUT2D eigenvalue weighted by atomic mass is 9.87. The zero-order valence-corrected chi connectivity index (χ0v) is 12.0. The van der Waals surface area contributed by atoms with Crippen molar-refractivity contribution in [2.45, 2.75) is 103 Å². The second kappa shape index (κ2) is 6.78. The molecule has 0 aromatic heterocycles. The zero-order valence-electron chi connectivity index (χ0n) is 12.0. The highest BCUT2D eigenvalue weighted by molar-refractivity contribution is 4.86. The Labute approximate surface area is 108 Å². The maximum atomic E-state index is 2.94. The quantitative estimate of drug-likeness (QED) is 0.682. The molecule has 100 valence electrons. The molecule has 0 aromatic rings. The third kappa shape index (κ3) is 3.47. The van der Waals surface area contributed by atoms with Gasteiger partial charge in [0.15, 0.2) is 0 Å². The first-order chi connectivity index (χ1) is 8.33. The molecule has 0 spiro atoms. The van der Waals surface area contributed by atoms with E-state index < -0.39 is 0 Å². The van der Waals surface area contributed by atoms with Gasteiger partial charge in [-0.05, 0) is 39.0 Å². The minimum Gasteiger partial charge on any atom is -0.295 e. The van der Waals surface area contributed by atoms with Crippen molar-refractivity contribution >= 4 is 0 Å². The van der Waals surface area contributed by atoms with Crippen LogP contribution in [0.2, 0.25) is 0 Å². The fourth-order valence-corrected chi connectivity index (χ4v) is 3.99. The summed E-state index contributed by atoms with van der Waals surface area (Å²) in [7, 11) is 0. The van der Waals surface area contributed by atoms with Crippen molar-refractivity contribution in [2.24, 2.45) is 0 Å². The summed E-state index contributed by atoms with van der Waals surface area (Å²) in [5.41, 5.74) is 0. The monoisotopic (exact) mass is 237 g/mol. The van der Waals surface area contributed by atoms with E-state index in [9.17, 15) is 0 Å². The first-order valence-corrected chi connectivity index (χ1v) is 8.10. The van der Waals surface area contributed by atoms with Gasteiger partial charge in [0, 0.05) is 18.1 Å². The van der Waals surface area contributed by atoms with Crippen molar-refractivity contribution in [3.05, 3.63) is 0 Å². The molecule has 0 amide bonds. The topological polar surface area (TPSA) is 3.24 Å². The van der Waals surface area contributed by atoms with Crippen molar-refractivity contribution in [3.8, 4) is 0 Å². The largest absolute Gasteiger partial charge is 0.295 e. The van der Waals surface area contributed by atoms with Gasteiger partial charge in [0.1, 0.15) is 0 Å². The summed E-state index contributed by atoms with van der Waals surface area (Å²) in [6.45, 7) is 4.83. The summed E-state index contributed by atoms with van der Waals surface area (Å²) in [6, 6.07) is 2.64. The molecule has 1 atom stereocenters. The number of nitrogens with zero attached hydrogens (tertiary/aromatic N) is 1. The molecule has 0 N–H and O–H groups in total. The Morgan fingerprint density at radius 2 is 1.24 bits per heavy atom. The van der Waals surface area contributed by atoms with Gasteiger partial charge in [-0.25, -0.2) is 0 Å². The van der Waals surface area contributed by atoms with E-state index in [0.717, 1.165) is 18.1 Å². The van der Waals surface area contributed by atoms with Gasteiger partial charge in [-0.3, -0.25) is 4.90 Å². The minimum atomic E-state index is 0.807. The van der Waals surface area contributed by atoms with Crippen LogP contribution in [-0.4, -0.2) is 23.0 Å². The summed E-state index contributed by atoms with van der Waals surface area (Å²) >= 11 is 0. The maximum Gasteiger partial charge on any atom is 0.0101 e. The van der Waals surface area contributed by atoms with Gasteiger partial charge in [0.25, 0.3) is 0 Å². The van der Waals surface area contributed by atoms with Gasteiger partial charge < -0.3 is 0 Å². The predicted octanol–water partition coefficient (Wildman–Crippen LogP) is 4.75. The Hall–Kier alpha value is -0.0400. The van der Waals surface area contributed by atoms with E-state index in [1.807, 2.05) is 0 Å². The molecule has 2 fully saturated rings. The van der Waals surface area contributed by atoms with Crippen LogP contribution in [0.4, 0.5) is 0 Å². The zero-order chi connectivity index (χ0) is 12.1. The fraction of sp³-hybridized carbons (Fsp3) is 1.00. The number of hydrogen-bond donors (Lipinski definition) is 0. The summed E-state index contributed by atoms with van der Waals surface area (Å²) in [5, 5.41) is 0. The molecule has 0 radical (unpaired) electrons. The average Bonchev–Trinajstić information content (AvgIpc) is 2.41. The summed E-state index contributed by atoms with van der Waals surface area (Å²) in [4.78, 5) is 2.94. The van der Waals surface area contributed by atoms with Crippen molar-refractivity contribution < 1.29 is 0 Å². The van der Waals surface area contributed by atoms with Crippen molar-refractivity contribution in [2.75, 3.05) is 0 Å². The minimum absolute atomic E-state index is 0.807. The van der Waals surface area contributed by atoms with Crippen molar-refractivity contribution in [3.63, 3.8) is 0 Å². The summed E-state index contributed by atoms with van der Waals surface area (Å²) in [5.74, 6) is 0. The van der Waals surface area contributed by atoms with Gasteiger partial charge in [0.05, 0.1) is 0 Å². The summed E-state index contributed by atoms with van der Waals surface area (Å²) in [6.07, 6.45) is 16.1. The molecule has 1 nitrogen and oxygen atoms in total. The van der Waals surface area contributed by atoms with Crippen LogP contribution in [0.25, 0.3) is 0 Å². The Morgan fingerprint density at radius 3 is 1.59 bits per heavy atom. The molecule has 0 aliphatic heterocycles. The standard InChI is InChI=1S/C16H31N/c1-3-14(2)17(15-10-6-4-7-11-15)16-12-8-5-9-13-16/h14-16H,3-13H2,1-2H3. The van der Waals surface area contributed by atoms with Gasteiger partial charge in [-0.15, -0.1) is 0 Å². The second-order valence-corrected chi connectivity index (χ2v) is 6.29. The molecule has 1 unspecified atom stereocenters. The van der Waals surface area contributed by atoms with Gasteiger partial charge in [0.2, 0.25) is 0 Å². The van der Waals surface area contributed by atoms with Crippen LogP contribution in [0, 0.1) is 0 Å². The van der Waals surface area contributed by atoms with Gasteiger partial charge >= 0.3 is 0 Å². The molecule has 2 aliphatic carbocycles. The molecule has 2 aliphatic rings. The van der Waals surface area contributed by atoms with Crippen LogP contribution in [0.3, 0.4) is 0 Å². The van der Waals surface area contributed by atoms with Gasteiger partial charge in [-0.1, -0.05) is 45.4 Å². The Kier molecular flexibility index (Phi) is 5.34. The fourth-order valence-electron chi connectivity index (χ4n) is 3.99. The Bertz CT molecular complexity index is 184. The van der Waals surface area contributed by atoms with Crippen LogP contribution in [-0.2, 0) is 0 Å². The molecule has 0 heterocycles. The first-order valence-electron chi connectivity index (χ1n) is 8.10. The Morgan fingerprint density at radius 1 is 0.824 bits per heavy atom. The predicted molar refractivity (Wildman–Crippen MR) is 75.3 cm³/mol. The summed E-state index contributed by atoms with van der Waals surface area (Å²) < 4.78 is 0. The number of hydrogen-bond acceptors (Lipinski definition) is 1. The maximum absolute atomic E-state index is 2.94. The highest BCUT2D eigenvalue weighted by Gasteiger charge is 2.31. The normalized spacial score (nSPS) is 26.3. The molecule has 0 saturated heterocycles. The lowest BCUT2D eigenvalue weighted by Gasteiger charge is -2.45. The van der Waals surface area contributed by atoms with E-state index in [2.05, 4.69) is 18.7 Å². The third-order valence-electron chi connectivity index (χ3n) is 5.09. The number of rotatable bonds is 4. The first kappa shape index (κ1) is 13.4. The van der Waals surface area contributed by atoms with Crippen LogP contribution in [0.5, 0.6) is 0 Å². The van der Waals surface area contributed by atoms with E-state index >= 15 is 0 Å². The van der Waals surface area contributed by atoms with Crippen molar-refractivity contribution in [1.82, 2.24) is 4.90 Å². The smallest absolute Gasteiger partial charge is 0.0101 e. The van der Waals surface area contributed by atoms with Crippen LogP contribution in [0.1, 0.15) is 84.5 Å². The second-order valence-electron chi connectivity index (χ2n) is 6.29. The molecular formula is C16H31N. The Balaban J connectivity index is 2.00. The molecule has 0 aromatic carbocycles. The van der Waals surface area contributed by atoms with Crippen LogP contribution in [0.15, 0.2) is 0 Å². The van der Waals surface area contributed by atoms with Gasteiger partial charge in [-0.2, -0.15) is 0 Å². The highest BCUT2D eigenvalue weighted by atomic mass is 15.2. The molecular weight excluding hydrogens is 206 g/mol. The lowest BCUT2D eigenvalue weighted by molar-refractivity contribution is 0.0428. The average molecular weight is 237 g/mol. The van der Waals surface area contributed by atoms with E-state index in [1.165, 1.54) is 70.6 Å². The lowest BCUT2D eigenvalue weighted by Crippen LogP contribution is -2.49. The van der Waals surface area contributed by atoms with E-state index in [4.69, 9.17) is 0 Å².